The number of pyridine rings is 1. The van der Waals surface area contributed by atoms with Crippen LogP contribution in [0.1, 0.15) is 38.7 Å². The number of methoxy groups -OCH3 is 2. The molecule has 0 saturated heterocycles. The topological polar surface area (TPSA) is 101 Å². The van der Waals surface area contributed by atoms with E-state index in [0.717, 1.165) is 35.0 Å². The van der Waals surface area contributed by atoms with E-state index in [1.807, 2.05) is 31.2 Å². The summed E-state index contributed by atoms with van der Waals surface area (Å²) in [6.45, 7) is 4.57. The molecule has 0 bridgehead atoms. The predicted octanol–water partition coefficient (Wildman–Crippen LogP) is 4.77. The first kappa shape index (κ1) is 24.0. The average molecular weight is 504 g/mol. The lowest BCUT2D eigenvalue weighted by Crippen LogP contribution is -2.39. The highest BCUT2D eigenvalue weighted by Gasteiger charge is 2.25. The Morgan fingerprint density at radius 2 is 1.97 bits per heavy atom. The Morgan fingerprint density at radius 1 is 1.16 bits per heavy atom. The first-order valence-corrected chi connectivity index (χ1v) is 11.4. The van der Waals surface area contributed by atoms with E-state index in [1.165, 1.54) is 0 Å². The van der Waals surface area contributed by atoms with E-state index in [0.29, 0.717) is 35.1 Å². The molecule has 8 nitrogen and oxygen atoms in total. The van der Waals surface area contributed by atoms with Crippen LogP contribution in [-0.4, -0.2) is 46.4 Å². The summed E-state index contributed by atoms with van der Waals surface area (Å²) in [6, 6.07) is 7.56. The average Bonchev–Trinajstić information content (AvgIpc) is 2.81. The second-order valence-electron chi connectivity index (χ2n) is 7.90. The Morgan fingerprint density at radius 3 is 2.66 bits per heavy atom. The number of nitrogens with zero attached hydrogens (tertiary/aromatic N) is 3. The minimum absolute atomic E-state index is 0.0131. The van der Waals surface area contributed by atoms with Gasteiger partial charge in [0.1, 0.15) is 17.0 Å². The minimum Gasteiger partial charge on any atom is -0.497 e. The fraction of sp³-hybridized carbons (Fsp3) is 0.435. The third kappa shape index (κ3) is 5.77. The second-order valence-corrected chi connectivity index (χ2v) is 8.81. The second kappa shape index (κ2) is 10.8. The van der Waals surface area contributed by atoms with Gasteiger partial charge in [-0.2, -0.15) is 4.98 Å². The third-order valence-corrected chi connectivity index (χ3v) is 5.72. The molecule has 1 aromatic carbocycles. The number of hydrogen-bond donors (Lipinski definition) is 3. The molecule has 9 heteroatoms. The largest absolute Gasteiger partial charge is 0.497 e. The molecule has 0 saturated carbocycles. The lowest BCUT2D eigenvalue weighted by atomic mass is 9.96. The number of halogens is 1. The summed E-state index contributed by atoms with van der Waals surface area (Å²) in [4.78, 5) is 13.8. The molecule has 172 valence electrons. The zero-order chi connectivity index (χ0) is 23.1. The standard InChI is InChI=1S/C23H30BrN5O3/c1-5-6-9-23(2,14-30)29-21-20-18(10-16(24)13-25-20)27-22(28-21)26-12-15-7-8-17(31-3)11-19(15)32-4/h7-8,10-11,13,30H,5-6,9,12,14H2,1-4H3,(H2,26,27,28,29)/t23-/m1/s1. The van der Waals surface area contributed by atoms with Crippen molar-refractivity contribution in [1.29, 1.82) is 0 Å². The van der Waals surface area contributed by atoms with Crippen LogP contribution in [0.4, 0.5) is 11.8 Å². The van der Waals surface area contributed by atoms with Gasteiger partial charge >= 0.3 is 0 Å². The summed E-state index contributed by atoms with van der Waals surface area (Å²) in [5.74, 6) is 2.48. The summed E-state index contributed by atoms with van der Waals surface area (Å²) in [5, 5.41) is 16.7. The van der Waals surface area contributed by atoms with Gasteiger partial charge in [-0.1, -0.05) is 19.8 Å². The fourth-order valence-electron chi connectivity index (χ4n) is 3.37. The molecule has 3 aromatic rings. The summed E-state index contributed by atoms with van der Waals surface area (Å²) in [7, 11) is 3.25. The van der Waals surface area contributed by atoms with Gasteiger partial charge in [-0.25, -0.2) is 9.97 Å². The van der Waals surface area contributed by atoms with E-state index in [-0.39, 0.29) is 6.61 Å². The number of aliphatic hydroxyl groups excluding tert-OH is 1. The number of rotatable bonds is 11. The molecule has 32 heavy (non-hydrogen) atoms. The molecule has 0 aliphatic rings. The molecule has 0 amide bonds. The van der Waals surface area contributed by atoms with Gasteiger partial charge in [0.15, 0.2) is 5.82 Å². The van der Waals surface area contributed by atoms with Crippen LogP contribution in [-0.2, 0) is 6.54 Å². The number of ether oxygens (including phenoxy) is 2. The number of aliphatic hydroxyl groups is 1. The van der Waals surface area contributed by atoms with Gasteiger partial charge in [0.25, 0.3) is 0 Å². The number of nitrogens with one attached hydrogen (secondary N) is 2. The van der Waals surface area contributed by atoms with Crippen LogP contribution in [0.5, 0.6) is 11.5 Å². The van der Waals surface area contributed by atoms with Crippen LogP contribution in [0, 0.1) is 0 Å². The molecule has 0 fully saturated rings. The Bertz CT molecular complexity index is 1070. The van der Waals surface area contributed by atoms with Gasteiger partial charge in [-0.05, 0) is 47.5 Å². The maximum Gasteiger partial charge on any atom is 0.225 e. The van der Waals surface area contributed by atoms with Crippen molar-refractivity contribution >= 4 is 38.7 Å². The SMILES string of the molecule is CCCC[C@](C)(CO)Nc1nc(NCc2ccc(OC)cc2OC)nc2cc(Br)cnc12. The van der Waals surface area contributed by atoms with E-state index >= 15 is 0 Å². The summed E-state index contributed by atoms with van der Waals surface area (Å²) in [5.41, 5.74) is 1.78. The zero-order valence-electron chi connectivity index (χ0n) is 18.9. The number of anilines is 2. The van der Waals surface area contributed by atoms with E-state index in [9.17, 15) is 5.11 Å². The number of benzene rings is 1. The van der Waals surface area contributed by atoms with Crippen molar-refractivity contribution in [2.24, 2.45) is 0 Å². The fourth-order valence-corrected chi connectivity index (χ4v) is 3.69. The highest BCUT2D eigenvalue weighted by Crippen LogP contribution is 2.28. The molecule has 2 heterocycles. The van der Waals surface area contributed by atoms with Gasteiger partial charge in [-0.15, -0.1) is 0 Å². The lowest BCUT2D eigenvalue weighted by molar-refractivity contribution is 0.212. The van der Waals surface area contributed by atoms with Gasteiger partial charge < -0.3 is 25.2 Å². The van der Waals surface area contributed by atoms with Crippen LogP contribution >= 0.6 is 15.9 Å². The van der Waals surface area contributed by atoms with Crippen LogP contribution < -0.4 is 20.1 Å². The van der Waals surface area contributed by atoms with Gasteiger partial charge in [0.2, 0.25) is 5.95 Å². The number of fused-ring (bicyclic) bond motifs is 1. The van der Waals surface area contributed by atoms with E-state index in [4.69, 9.17) is 9.47 Å². The van der Waals surface area contributed by atoms with Gasteiger partial charge in [0.05, 0.1) is 31.9 Å². The maximum atomic E-state index is 10.0. The molecule has 0 radical (unpaired) electrons. The predicted molar refractivity (Wildman–Crippen MR) is 131 cm³/mol. The Kier molecular flexibility index (Phi) is 8.09. The first-order valence-electron chi connectivity index (χ1n) is 10.6. The van der Waals surface area contributed by atoms with Crippen LogP contribution in [0.2, 0.25) is 0 Å². The number of aromatic nitrogens is 3. The molecule has 0 unspecified atom stereocenters. The van der Waals surface area contributed by atoms with Crippen molar-refractivity contribution in [2.45, 2.75) is 45.2 Å². The van der Waals surface area contributed by atoms with Crippen molar-refractivity contribution in [2.75, 3.05) is 31.5 Å². The van der Waals surface area contributed by atoms with Crippen molar-refractivity contribution in [3.05, 3.63) is 40.5 Å². The van der Waals surface area contributed by atoms with Crippen molar-refractivity contribution < 1.29 is 14.6 Å². The monoisotopic (exact) mass is 503 g/mol. The molecule has 3 N–H and O–H groups in total. The van der Waals surface area contributed by atoms with Crippen LogP contribution in [0.3, 0.4) is 0 Å². The minimum atomic E-state index is -0.511. The number of hydrogen-bond acceptors (Lipinski definition) is 8. The zero-order valence-corrected chi connectivity index (χ0v) is 20.5. The molecule has 0 aliphatic carbocycles. The highest BCUT2D eigenvalue weighted by atomic mass is 79.9. The van der Waals surface area contributed by atoms with Crippen LogP contribution in [0.15, 0.2) is 34.9 Å². The normalized spacial score (nSPS) is 12.9. The Balaban J connectivity index is 1.92. The van der Waals surface area contributed by atoms with Crippen molar-refractivity contribution in [1.82, 2.24) is 15.0 Å². The summed E-state index contributed by atoms with van der Waals surface area (Å²) >= 11 is 3.47. The van der Waals surface area contributed by atoms with Crippen molar-refractivity contribution in [3.63, 3.8) is 0 Å². The Hall–Kier alpha value is -2.65. The van der Waals surface area contributed by atoms with Crippen LogP contribution in [0.25, 0.3) is 11.0 Å². The molecule has 0 aliphatic heterocycles. The molecular formula is C23H30BrN5O3. The Labute approximate surface area is 196 Å². The molecule has 0 spiro atoms. The lowest BCUT2D eigenvalue weighted by Gasteiger charge is -2.29. The van der Waals surface area contributed by atoms with Gasteiger partial charge in [0, 0.05) is 28.8 Å². The summed E-state index contributed by atoms with van der Waals surface area (Å²) in [6.07, 6.45) is 4.57. The molecular weight excluding hydrogens is 474 g/mol. The maximum absolute atomic E-state index is 10.0. The van der Waals surface area contributed by atoms with E-state index in [2.05, 4.69) is 48.4 Å². The highest BCUT2D eigenvalue weighted by molar-refractivity contribution is 9.10. The first-order chi connectivity index (χ1) is 15.4. The quantitative estimate of drug-likeness (QED) is 0.343. The van der Waals surface area contributed by atoms with Crippen molar-refractivity contribution in [3.8, 4) is 11.5 Å². The smallest absolute Gasteiger partial charge is 0.225 e. The molecule has 1 atom stereocenters. The number of unbranched alkanes of at least 4 members (excludes halogenated alkanes) is 1. The third-order valence-electron chi connectivity index (χ3n) is 5.29. The van der Waals surface area contributed by atoms with E-state index < -0.39 is 5.54 Å². The molecule has 2 aromatic heterocycles. The van der Waals surface area contributed by atoms with Gasteiger partial charge in [-0.3, -0.25) is 0 Å². The molecule has 3 rings (SSSR count). The van der Waals surface area contributed by atoms with E-state index in [1.54, 1.807) is 20.4 Å². The summed E-state index contributed by atoms with van der Waals surface area (Å²) < 4.78 is 11.6.